The van der Waals surface area contributed by atoms with E-state index >= 15 is 4.39 Å². The minimum Gasteiger partial charge on any atom is -0.508 e. The van der Waals surface area contributed by atoms with Gasteiger partial charge in [-0.3, -0.25) is 24.3 Å². The maximum Gasteiger partial charge on any atom is 0.319 e. The molecule has 10 rings (SSSR count). The number of thiazole rings is 1. The van der Waals surface area contributed by atoms with E-state index in [4.69, 9.17) is 24.4 Å². The molecule has 17 nitrogen and oxygen atoms in total. The van der Waals surface area contributed by atoms with Gasteiger partial charge in [-0.25, -0.2) is 9.37 Å². The quantitative estimate of drug-likeness (QED) is 0.0529. The molecule has 4 aliphatic heterocycles. The SMILES string of the molecule is CCc1cccc2cc(O)cc(-c3ncc4c(N5CC6CCC(C5)N6)nc(OCCN5CCC(CCOCC(=O)N[C@H](C(=O)N6C[C@H](O)C[C@H]6C(=O)N[C@@H](C)c6ccc(-c7scnc7C)cc6)C(C)(C)C)CC5)nc4c3F)c12. The van der Waals surface area contributed by atoms with Crippen molar-refractivity contribution in [3.05, 3.63) is 88.9 Å². The first kappa shape index (κ1) is 55.0. The number of ether oxygens (including phenoxy) is 2. The number of aliphatic hydroxyl groups is 1. The summed E-state index contributed by atoms with van der Waals surface area (Å²) in [6, 6.07) is 15.6. The Kier molecular flexibility index (Phi) is 16.6. The molecule has 0 radical (unpaired) electrons. The highest BCUT2D eigenvalue weighted by Crippen LogP contribution is 2.39. The molecule has 0 saturated carbocycles. The van der Waals surface area contributed by atoms with Crippen LogP contribution in [-0.4, -0.2) is 147 Å². The average Bonchev–Trinajstić information content (AvgIpc) is 4.28. The third-order valence-corrected chi connectivity index (χ3v) is 17.1. The fourth-order valence-corrected chi connectivity index (χ4v) is 12.7. The van der Waals surface area contributed by atoms with Gasteiger partial charge in [0.2, 0.25) is 17.7 Å². The molecule has 3 aromatic heterocycles. The standard InChI is InChI=1S/C59H73FN10O7S/c1-7-37-9-8-10-40-25-43(71)26-45(49(37)40)51-50(60)52-46(28-61-51)55(69-29-41-15-16-42(30-69)64-41)67-58(66-52)77-24-22-68-20-17-36(18-21-68)19-23-76-32-48(73)65-54(59(4,5)6)57(75)70-31-44(72)27-47(70)56(74)63-34(2)38-11-13-39(14-12-38)53-35(3)62-33-78-53/h8-14,25-26,28,33-34,36,41-42,44,47,54,64,71-72H,7,15-24,27,29-32H2,1-6H3,(H,63,74)(H,65,73)/t34-,41?,42?,44+,47-,54+/m0/s1. The number of hydrogen-bond donors (Lipinski definition) is 5. The zero-order valence-corrected chi connectivity index (χ0v) is 46.4. The highest BCUT2D eigenvalue weighted by atomic mass is 32.1. The predicted molar refractivity (Wildman–Crippen MR) is 300 cm³/mol. The number of fused-ring (bicyclic) bond motifs is 4. The maximum absolute atomic E-state index is 17.1. The number of hydrogen-bond acceptors (Lipinski definition) is 15. The second-order valence-electron chi connectivity index (χ2n) is 22.8. The van der Waals surface area contributed by atoms with Crippen LogP contribution in [0.3, 0.4) is 0 Å². The smallest absolute Gasteiger partial charge is 0.319 e. The van der Waals surface area contributed by atoms with Crippen LogP contribution in [0.15, 0.2) is 66.3 Å². The number of phenolic OH excluding ortho intramolecular Hbond substituents is 1. The molecule has 4 fully saturated rings. The van der Waals surface area contributed by atoms with Gasteiger partial charge in [0.25, 0.3) is 0 Å². The number of rotatable bonds is 18. The van der Waals surface area contributed by atoms with Gasteiger partial charge < -0.3 is 45.4 Å². The van der Waals surface area contributed by atoms with Crippen molar-refractivity contribution in [2.75, 3.05) is 64.0 Å². The number of halogens is 1. The Balaban J connectivity index is 0.704. The summed E-state index contributed by atoms with van der Waals surface area (Å²) in [5, 5.41) is 33.3. The van der Waals surface area contributed by atoms with E-state index in [2.05, 4.69) is 37.7 Å². The number of amides is 3. The number of nitrogens with zero attached hydrogens (tertiary/aromatic N) is 7. The summed E-state index contributed by atoms with van der Waals surface area (Å²) in [6.07, 6.45) is 6.40. The number of benzene rings is 3. The molecular weight excluding hydrogens is 1010 g/mol. The fraction of sp³-hybridized carbons (Fsp3) is 0.508. The first-order valence-electron chi connectivity index (χ1n) is 27.6. The summed E-state index contributed by atoms with van der Waals surface area (Å²) in [6.45, 7) is 15.7. The van der Waals surface area contributed by atoms with Gasteiger partial charge in [-0.1, -0.05) is 70.2 Å². The van der Waals surface area contributed by atoms with Gasteiger partial charge in [0, 0.05) is 63.1 Å². The number of aryl methyl sites for hydroxylation is 2. The van der Waals surface area contributed by atoms with Crippen molar-refractivity contribution < 1.29 is 38.5 Å². The summed E-state index contributed by atoms with van der Waals surface area (Å²) >= 11 is 1.58. The summed E-state index contributed by atoms with van der Waals surface area (Å²) in [5.74, 6) is -0.773. The van der Waals surface area contributed by atoms with Crippen molar-refractivity contribution in [3.63, 3.8) is 0 Å². The first-order valence-corrected chi connectivity index (χ1v) is 28.5. The van der Waals surface area contributed by atoms with E-state index in [1.54, 1.807) is 29.7 Å². The Morgan fingerprint density at radius 3 is 2.42 bits per heavy atom. The van der Waals surface area contributed by atoms with Crippen LogP contribution in [0.25, 0.3) is 43.4 Å². The first-order chi connectivity index (χ1) is 37.5. The van der Waals surface area contributed by atoms with E-state index in [1.807, 2.05) is 82.6 Å². The summed E-state index contributed by atoms with van der Waals surface area (Å²) in [4.78, 5) is 67.0. The predicted octanol–water partition coefficient (Wildman–Crippen LogP) is 7.49. The molecular formula is C59H73FN10O7S. The second kappa shape index (κ2) is 23.5. The fourth-order valence-electron chi connectivity index (χ4n) is 11.9. The van der Waals surface area contributed by atoms with E-state index < -0.39 is 41.2 Å². The van der Waals surface area contributed by atoms with E-state index in [-0.39, 0.29) is 54.5 Å². The molecule has 2 bridgehead atoms. The van der Waals surface area contributed by atoms with E-state index in [1.165, 1.54) is 4.90 Å². The molecule has 3 amide bonds. The number of carbonyl (C=O) groups is 3. The number of piperazine rings is 1. The lowest BCUT2D eigenvalue weighted by Crippen LogP contribution is -2.58. The monoisotopic (exact) mass is 1080 g/mol. The number of aliphatic hydroxyl groups excluding tert-OH is 1. The topological polar surface area (TPSA) is 208 Å². The minimum absolute atomic E-state index is 0.0160. The number of phenols is 1. The van der Waals surface area contributed by atoms with E-state index in [0.717, 1.165) is 103 Å². The van der Waals surface area contributed by atoms with Gasteiger partial charge in [0.05, 0.1) is 33.6 Å². The van der Waals surface area contributed by atoms with Crippen LogP contribution < -0.4 is 25.6 Å². The highest BCUT2D eigenvalue weighted by Gasteiger charge is 2.45. The number of carbonyl (C=O) groups excluding carboxylic acids is 3. The van der Waals surface area contributed by atoms with Gasteiger partial charge in [0.15, 0.2) is 5.82 Å². The number of β-amino-alcohol motifs (C(OH)–C–C–N with tert-alkyl or cyclic N) is 1. The average molecular weight is 1090 g/mol. The summed E-state index contributed by atoms with van der Waals surface area (Å²) in [5.41, 5.74) is 5.81. The summed E-state index contributed by atoms with van der Waals surface area (Å²) in [7, 11) is 0. The number of aromatic nitrogens is 4. The number of likely N-dealkylation sites (tertiary alicyclic amines) is 2. The molecule has 3 aromatic carbocycles. The maximum atomic E-state index is 17.1. The Hall–Kier alpha value is -6.38. The third kappa shape index (κ3) is 12.1. The van der Waals surface area contributed by atoms with Gasteiger partial charge in [-0.05, 0) is 116 Å². The van der Waals surface area contributed by atoms with Crippen molar-refractivity contribution in [1.82, 2.24) is 45.7 Å². The molecule has 414 valence electrons. The molecule has 6 atom stereocenters. The van der Waals surface area contributed by atoms with Crippen LogP contribution in [-0.2, 0) is 25.5 Å². The van der Waals surface area contributed by atoms with E-state index in [9.17, 15) is 24.6 Å². The lowest BCUT2D eigenvalue weighted by molar-refractivity contribution is -0.144. The van der Waals surface area contributed by atoms with Crippen molar-refractivity contribution in [1.29, 1.82) is 0 Å². The van der Waals surface area contributed by atoms with Crippen molar-refractivity contribution in [2.24, 2.45) is 11.3 Å². The minimum atomic E-state index is -0.961. The van der Waals surface area contributed by atoms with Crippen LogP contribution >= 0.6 is 11.3 Å². The Morgan fingerprint density at radius 1 is 0.962 bits per heavy atom. The van der Waals surface area contributed by atoms with Crippen LogP contribution in [0.2, 0.25) is 0 Å². The lowest BCUT2D eigenvalue weighted by Gasteiger charge is -2.35. The molecule has 0 aliphatic carbocycles. The normalized spacial score (nSPS) is 20.8. The van der Waals surface area contributed by atoms with Crippen LogP contribution in [0.4, 0.5) is 10.2 Å². The zero-order valence-electron chi connectivity index (χ0n) is 45.6. The summed E-state index contributed by atoms with van der Waals surface area (Å²) < 4.78 is 29.3. The number of anilines is 1. The molecule has 6 aromatic rings. The molecule has 7 heterocycles. The number of pyridine rings is 1. The van der Waals surface area contributed by atoms with Crippen molar-refractivity contribution in [3.8, 4) is 33.5 Å². The second-order valence-corrected chi connectivity index (χ2v) is 23.6. The molecule has 2 unspecified atom stereocenters. The van der Waals surface area contributed by atoms with Gasteiger partial charge >= 0.3 is 6.01 Å². The number of piperidine rings is 1. The van der Waals surface area contributed by atoms with Crippen molar-refractivity contribution >= 4 is 56.6 Å². The molecule has 5 N–H and O–H groups in total. The Labute approximate surface area is 459 Å². The van der Waals surface area contributed by atoms with Crippen LogP contribution in [0.1, 0.15) is 96.0 Å². The van der Waals surface area contributed by atoms with Gasteiger partial charge in [-0.15, -0.1) is 11.3 Å². The molecule has 78 heavy (non-hydrogen) atoms. The molecule has 0 spiro atoms. The number of nitrogens with one attached hydrogen (secondary N) is 3. The Bertz CT molecular complexity index is 3130. The molecule has 4 saturated heterocycles. The highest BCUT2D eigenvalue weighted by molar-refractivity contribution is 7.13. The van der Waals surface area contributed by atoms with Crippen LogP contribution in [0, 0.1) is 24.1 Å². The molecule has 4 aliphatic rings. The van der Waals surface area contributed by atoms with Gasteiger partial charge in [-0.2, -0.15) is 9.97 Å². The Morgan fingerprint density at radius 2 is 1.72 bits per heavy atom. The third-order valence-electron chi connectivity index (χ3n) is 16.2. The van der Waals surface area contributed by atoms with Gasteiger partial charge in [0.1, 0.15) is 48.1 Å². The van der Waals surface area contributed by atoms with Crippen LogP contribution in [0.5, 0.6) is 11.8 Å². The zero-order chi connectivity index (χ0) is 54.8. The van der Waals surface area contributed by atoms with Crippen molar-refractivity contribution in [2.45, 2.75) is 123 Å². The molecule has 19 heteroatoms. The lowest BCUT2D eigenvalue weighted by atomic mass is 9.85. The van der Waals surface area contributed by atoms with E-state index in [0.29, 0.717) is 54.5 Å². The largest absolute Gasteiger partial charge is 0.508 e. The number of aromatic hydroxyl groups is 1.